The molecule has 3 atom stereocenters. The number of piperidine rings is 1. The lowest BCUT2D eigenvalue weighted by Gasteiger charge is -2.37. The zero-order chi connectivity index (χ0) is 39.8. The molecular weight excluding hydrogens is 735 g/mol. The van der Waals surface area contributed by atoms with Gasteiger partial charge in [-0.15, -0.1) is 0 Å². The Balaban J connectivity index is 0.882. The second-order valence-electron chi connectivity index (χ2n) is 15.6. The number of pyridine rings is 1. The van der Waals surface area contributed by atoms with Crippen molar-refractivity contribution in [1.82, 2.24) is 34.9 Å². The fraction of sp³-hybridized carbons (Fsp3) is 0.439. The molecule has 5 heterocycles. The number of aliphatic hydroxyl groups excluding tert-OH is 1. The SMILES string of the molecule is Cc1cc2cc(n1)-c1cnn(C)c1OCCC[C@@H](C)Cn1c(nc3ccc(NCCNC4CC(Nc5cc(F)c([C@H]6CCC(=O)NC6O)c(F)c5)C4)cc31)NC2=O. The summed E-state index contributed by atoms with van der Waals surface area (Å²) in [7, 11) is 1.83. The van der Waals surface area contributed by atoms with Crippen LogP contribution >= 0.6 is 0 Å². The minimum absolute atomic E-state index is 0.0671. The van der Waals surface area contributed by atoms with Gasteiger partial charge in [0.2, 0.25) is 17.7 Å². The number of benzene rings is 2. The number of ether oxygens (including phenoxy) is 1. The van der Waals surface area contributed by atoms with Gasteiger partial charge in [-0.3, -0.25) is 19.9 Å². The standard InChI is InChI=1S/C41H48F2N10O4/c1-22-5-4-12-57-40-30(20-46-52(40)3)34-14-24(13-23(2)47-34)38(55)51-41-49-33-8-6-25(19-35(33)53(41)21-22)44-10-11-45-26-15-27(16-26)48-28-17-31(42)37(32(43)18-28)29-7-9-36(54)50-39(29)56/h6,8,13-14,17-20,22,26-27,29,39,44-45,48,56H,4-5,7,9-12,15-16,21H2,1-3H3,(H,50,54)(H,49,51,55)/t22-,26?,27?,29-,39?/m1/s1. The van der Waals surface area contributed by atoms with Gasteiger partial charge in [0.15, 0.2) is 0 Å². The number of nitrogens with one attached hydrogen (secondary N) is 5. The number of rotatable bonds is 8. The quantitative estimate of drug-likeness (QED) is 0.112. The summed E-state index contributed by atoms with van der Waals surface area (Å²) < 4.78 is 40.0. The summed E-state index contributed by atoms with van der Waals surface area (Å²) >= 11 is 0. The molecule has 57 heavy (non-hydrogen) atoms. The zero-order valence-electron chi connectivity index (χ0n) is 32.2. The van der Waals surface area contributed by atoms with Crippen LogP contribution in [0.1, 0.15) is 73.0 Å². The molecular formula is C41H48F2N10O4. The van der Waals surface area contributed by atoms with Gasteiger partial charge in [-0.25, -0.2) is 18.4 Å². The monoisotopic (exact) mass is 782 g/mol. The van der Waals surface area contributed by atoms with E-state index in [9.17, 15) is 14.7 Å². The number of hydrogen-bond donors (Lipinski definition) is 6. The molecule has 3 aromatic heterocycles. The van der Waals surface area contributed by atoms with Crippen LogP contribution in [0.25, 0.3) is 22.3 Å². The number of fused-ring (bicyclic) bond motifs is 7. The van der Waals surface area contributed by atoms with Gasteiger partial charge in [-0.05, 0) is 87.4 Å². The summed E-state index contributed by atoms with van der Waals surface area (Å²) in [6.07, 6.45) is 4.02. The number of aliphatic hydroxyl groups is 1. The van der Waals surface area contributed by atoms with Gasteiger partial charge < -0.3 is 35.7 Å². The van der Waals surface area contributed by atoms with Crippen molar-refractivity contribution in [3.05, 3.63) is 77.1 Å². The topological polar surface area (TPSA) is 172 Å². The lowest BCUT2D eigenvalue weighted by atomic mass is 9.86. The Hall–Kier alpha value is -5.61. The van der Waals surface area contributed by atoms with Crippen LogP contribution in [0.2, 0.25) is 0 Å². The number of carbonyl (C=O) groups is 2. The normalized spacial score (nSPS) is 22.5. The van der Waals surface area contributed by atoms with Gasteiger partial charge in [0, 0.05) is 79.3 Å². The van der Waals surface area contributed by atoms with Crippen LogP contribution in [0, 0.1) is 24.5 Å². The molecule has 2 aromatic carbocycles. The maximum atomic E-state index is 15.0. The van der Waals surface area contributed by atoms with Crippen LogP contribution < -0.4 is 31.3 Å². The molecule has 1 unspecified atom stereocenters. The van der Waals surface area contributed by atoms with Crippen LogP contribution in [-0.2, 0) is 18.4 Å². The molecule has 2 fully saturated rings. The van der Waals surface area contributed by atoms with Gasteiger partial charge in [0.1, 0.15) is 17.9 Å². The van der Waals surface area contributed by atoms with E-state index in [1.54, 1.807) is 23.0 Å². The first-order valence-corrected chi connectivity index (χ1v) is 19.6. The van der Waals surface area contributed by atoms with Crippen molar-refractivity contribution in [3.8, 4) is 17.1 Å². The molecule has 5 aromatic rings. The van der Waals surface area contributed by atoms with E-state index in [2.05, 4.69) is 54.2 Å². The third kappa shape index (κ3) is 8.28. The average Bonchev–Trinajstić information content (AvgIpc) is 3.68. The van der Waals surface area contributed by atoms with E-state index in [1.807, 2.05) is 26.1 Å². The Bertz CT molecular complexity index is 2280. The van der Waals surface area contributed by atoms with Crippen molar-refractivity contribution in [3.63, 3.8) is 0 Å². The lowest BCUT2D eigenvalue weighted by molar-refractivity contribution is -0.127. The van der Waals surface area contributed by atoms with Crippen LogP contribution in [-0.4, -0.2) is 79.2 Å². The number of amides is 2. The highest BCUT2D eigenvalue weighted by atomic mass is 19.1. The van der Waals surface area contributed by atoms with E-state index in [0.717, 1.165) is 48.0 Å². The van der Waals surface area contributed by atoms with Crippen molar-refractivity contribution in [2.75, 3.05) is 35.6 Å². The number of halogens is 2. The molecule has 8 rings (SSSR count). The molecule has 2 amide bonds. The van der Waals surface area contributed by atoms with Gasteiger partial charge in [-0.1, -0.05) is 6.92 Å². The molecule has 1 aliphatic carbocycles. The third-order valence-electron chi connectivity index (χ3n) is 11.1. The van der Waals surface area contributed by atoms with E-state index >= 15 is 8.78 Å². The summed E-state index contributed by atoms with van der Waals surface area (Å²) in [5, 5.41) is 30.3. The Labute approximate surface area is 328 Å². The smallest absolute Gasteiger partial charge is 0.258 e. The van der Waals surface area contributed by atoms with E-state index in [4.69, 9.17) is 9.72 Å². The van der Waals surface area contributed by atoms with E-state index in [-0.39, 0.29) is 48.2 Å². The van der Waals surface area contributed by atoms with E-state index in [1.165, 1.54) is 12.1 Å². The summed E-state index contributed by atoms with van der Waals surface area (Å²) in [6.45, 7) is 6.60. The van der Waals surface area contributed by atoms with Gasteiger partial charge >= 0.3 is 0 Å². The molecule has 300 valence electrons. The highest BCUT2D eigenvalue weighted by Crippen LogP contribution is 2.35. The predicted molar refractivity (Wildman–Crippen MR) is 212 cm³/mol. The van der Waals surface area contributed by atoms with Crippen molar-refractivity contribution < 1.29 is 28.2 Å². The number of nitrogens with zero attached hydrogens (tertiary/aromatic N) is 5. The van der Waals surface area contributed by atoms with Crippen LogP contribution in [0.4, 0.5) is 26.1 Å². The van der Waals surface area contributed by atoms with E-state index in [0.29, 0.717) is 60.7 Å². The number of aryl methyl sites for hydroxylation is 2. The summed E-state index contributed by atoms with van der Waals surface area (Å²) in [6, 6.07) is 12.4. The first-order chi connectivity index (χ1) is 27.5. The van der Waals surface area contributed by atoms with Gasteiger partial charge in [-0.2, -0.15) is 5.10 Å². The molecule has 6 N–H and O–H groups in total. The van der Waals surface area contributed by atoms with Crippen molar-refractivity contribution in [2.45, 2.75) is 83.1 Å². The highest BCUT2D eigenvalue weighted by molar-refractivity contribution is 6.05. The van der Waals surface area contributed by atoms with Crippen LogP contribution in [0.5, 0.6) is 5.88 Å². The minimum Gasteiger partial charge on any atom is -0.477 e. The predicted octanol–water partition coefficient (Wildman–Crippen LogP) is 5.44. The van der Waals surface area contributed by atoms with Crippen LogP contribution in [0.15, 0.2) is 48.7 Å². The Morgan fingerprint density at radius 3 is 2.60 bits per heavy atom. The van der Waals surface area contributed by atoms with Crippen molar-refractivity contribution in [2.24, 2.45) is 13.0 Å². The molecule has 16 heteroatoms. The number of imidazole rings is 1. The number of anilines is 3. The third-order valence-corrected chi connectivity index (χ3v) is 11.1. The first kappa shape index (κ1) is 38.3. The van der Waals surface area contributed by atoms with Crippen LogP contribution in [0.3, 0.4) is 0 Å². The summed E-state index contributed by atoms with van der Waals surface area (Å²) in [5.41, 5.74) is 5.29. The second kappa shape index (κ2) is 16.1. The fourth-order valence-corrected chi connectivity index (χ4v) is 8.13. The first-order valence-electron chi connectivity index (χ1n) is 19.6. The number of aromatic nitrogens is 5. The molecule has 0 spiro atoms. The van der Waals surface area contributed by atoms with Crippen molar-refractivity contribution in [1.29, 1.82) is 0 Å². The number of hydrogen-bond acceptors (Lipinski definition) is 10. The molecule has 2 bridgehead atoms. The average molecular weight is 783 g/mol. The molecule has 1 saturated carbocycles. The molecule has 2 aliphatic heterocycles. The summed E-state index contributed by atoms with van der Waals surface area (Å²) in [4.78, 5) is 34.8. The second-order valence-corrected chi connectivity index (χ2v) is 15.6. The van der Waals surface area contributed by atoms with Crippen molar-refractivity contribution >= 4 is 40.2 Å². The molecule has 3 aliphatic rings. The lowest BCUT2D eigenvalue weighted by Crippen LogP contribution is -2.48. The van der Waals surface area contributed by atoms with Gasteiger partial charge in [0.05, 0.1) is 35.1 Å². The van der Waals surface area contributed by atoms with Gasteiger partial charge in [0.25, 0.3) is 5.91 Å². The Morgan fingerprint density at radius 2 is 1.81 bits per heavy atom. The largest absolute Gasteiger partial charge is 0.477 e. The summed E-state index contributed by atoms with van der Waals surface area (Å²) in [5.74, 6) is -1.55. The maximum Gasteiger partial charge on any atom is 0.258 e. The fourth-order valence-electron chi connectivity index (χ4n) is 8.13. The molecule has 0 radical (unpaired) electrons. The maximum absolute atomic E-state index is 15.0. The Kier molecular flexibility index (Phi) is 10.8. The molecule has 1 saturated heterocycles. The highest BCUT2D eigenvalue weighted by Gasteiger charge is 2.34. The van der Waals surface area contributed by atoms with E-state index < -0.39 is 23.8 Å². The minimum atomic E-state index is -1.32. The molecule has 14 nitrogen and oxygen atoms in total. The number of carbonyl (C=O) groups excluding carboxylic acids is 2. The zero-order valence-corrected chi connectivity index (χ0v) is 32.2. The Morgan fingerprint density at radius 1 is 1.00 bits per heavy atom.